The molecular formula is C86H72N2. The van der Waals surface area contributed by atoms with E-state index in [4.69, 9.17) is 0 Å². The van der Waals surface area contributed by atoms with Gasteiger partial charge in [0, 0.05) is 33.0 Å². The van der Waals surface area contributed by atoms with Crippen molar-refractivity contribution in [2.75, 3.05) is 9.80 Å². The maximum Gasteiger partial charge on any atom is 0.0535 e. The number of benzene rings is 13. The molecule has 0 bridgehead atoms. The molecule has 88 heavy (non-hydrogen) atoms. The van der Waals surface area contributed by atoms with Crippen LogP contribution in [0.1, 0.15) is 90.2 Å². The Morgan fingerprint density at radius 3 is 0.977 bits per heavy atom. The molecule has 426 valence electrons. The molecule has 0 radical (unpaired) electrons. The van der Waals surface area contributed by atoms with Crippen molar-refractivity contribution in [2.45, 2.75) is 101 Å². The van der Waals surface area contributed by atoms with Crippen molar-refractivity contribution in [2.24, 2.45) is 0 Å². The first-order valence-electron chi connectivity index (χ1n) is 32.3. The quantitative estimate of drug-likeness (QED) is 0.140. The molecule has 2 fully saturated rings. The van der Waals surface area contributed by atoms with Crippen LogP contribution in [0.2, 0.25) is 0 Å². The Balaban J connectivity index is 0.912. The molecule has 0 saturated heterocycles. The molecule has 17 rings (SSSR count). The molecule has 2 saturated carbocycles. The van der Waals surface area contributed by atoms with E-state index in [0.29, 0.717) is 0 Å². The number of para-hydroxylation sites is 2. The van der Waals surface area contributed by atoms with Gasteiger partial charge in [-0.15, -0.1) is 0 Å². The molecule has 2 aliphatic heterocycles. The second kappa shape index (κ2) is 20.0. The van der Waals surface area contributed by atoms with Gasteiger partial charge in [0.25, 0.3) is 0 Å². The van der Waals surface area contributed by atoms with Crippen LogP contribution in [-0.4, -0.2) is 11.1 Å². The molecule has 4 aliphatic rings. The molecule has 13 aromatic rings. The third-order valence-electron chi connectivity index (χ3n) is 22.6. The summed E-state index contributed by atoms with van der Waals surface area (Å²) in [4.78, 5) is 5.49. The van der Waals surface area contributed by atoms with Crippen LogP contribution in [-0.2, 0) is 10.8 Å². The number of rotatable bonds is 8. The lowest BCUT2D eigenvalue weighted by Gasteiger charge is -2.50. The van der Waals surface area contributed by atoms with Crippen molar-refractivity contribution in [3.05, 3.63) is 278 Å². The van der Waals surface area contributed by atoms with Crippen molar-refractivity contribution in [1.82, 2.24) is 0 Å². The van der Waals surface area contributed by atoms with Crippen LogP contribution in [0.25, 0.3) is 110 Å². The van der Waals surface area contributed by atoms with Gasteiger partial charge >= 0.3 is 0 Å². The van der Waals surface area contributed by atoms with Gasteiger partial charge in [-0.25, -0.2) is 0 Å². The molecule has 2 nitrogen and oxygen atoms in total. The summed E-state index contributed by atoms with van der Waals surface area (Å²) in [5.41, 5.74) is 23.0. The van der Waals surface area contributed by atoms with E-state index < -0.39 is 0 Å². The van der Waals surface area contributed by atoms with E-state index in [0.717, 1.165) is 12.8 Å². The monoisotopic (exact) mass is 1130 g/mol. The number of hydrogen-bond acceptors (Lipinski definition) is 2. The van der Waals surface area contributed by atoms with Gasteiger partial charge in [0.05, 0.1) is 22.5 Å². The standard InChI is InChI=1S/C86H72N2/c1-83-51-17-19-53-85(83,3)87(65-27-13-7-14-28-65)81-73-33-21-31-67(69(73)47-49-77(81)83)63-43-45-71-75(55-63)79(61-39-35-59(36-40-61)57-23-9-5-10-24-57)72-46-44-64(56-76(72)80(71)62-41-37-60(38-42-62)58-25-11-6-12-26-58)68-32-22-34-74-70(68)48-50-78-82(74)88(66-29-15-8-16-30-66)86(4)54-20-18-52-84(78,86)2/h5-16,21-50,55-56H,17-20,51-54H2,1-4H3. The average molecular weight is 1130 g/mol. The maximum absolute atomic E-state index is 2.75. The molecular weight excluding hydrogens is 1060 g/mol. The fourth-order valence-corrected chi connectivity index (χ4v) is 17.7. The first-order chi connectivity index (χ1) is 43.1. The smallest absolute Gasteiger partial charge is 0.0535 e. The molecule has 0 N–H and O–H groups in total. The van der Waals surface area contributed by atoms with Gasteiger partial charge in [-0.3, -0.25) is 0 Å². The number of fused-ring (bicyclic) bond motifs is 12. The van der Waals surface area contributed by atoms with Gasteiger partial charge in [-0.05, 0) is 186 Å². The van der Waals surface area contributed by atoms with Gasteiger partial charge in [0.2, 0.25) is 0 Å². The van der Waals surface area contributed by atoms with E-state index in [2.05, 4.69) is 304 Å². The lowest BCUT2D eigenvalue weighted by Crippen LogP contribution is -2.54. The molecule has 13 aromatic carbocycles. The summed E-state index contributed by atoms with van der Waals surface area (Å²) in [6.07, 6.45) is 9.71. The lowest BCUT2D eigenvalue weighted by atomic mass is 9.61. The summed E-state index contributed by atoms with van der Waals surface area (Å²) in [5.74, 6) is 0. The van der Waals surface area contributed by atoms with Crippen molar-refractivity contribution >= 4 is 65.8 Å². The van der Waals surface area contributed by atoms with Gasteiger partial charge in [0.15, 0.2) is 0 Å². The Kier molecular flexibility index (Phi) is 12.0. The second-order valence-corrected chi connectivity index (χ2v) is 26.9. The van der Waals surface area contributed by atoms with Crippen LogP contribution in [0.5, 0.6) is 0 Å². The predicted molar refractivity (Wildman–Crippen MR) is 375 cm³/mol. The van der Waals surface area contributed by atoms with E-state index in [1.807, 2.05) is 0 Å². The lowest BCUT2D eigenvalue weighted by molar-refractivity contribution is 0.195. The Labute approximate surface area is 518 Å². The van der Waals surface area contributed by atoms with Gasteiger partial charge in [-0.2, -0.15) is 0 Å². The van der Waals surface area contributed by atoms with Crippen LogP contribution >= 0.6 is 0 Å². The van der Waals surface area contributed by atoms with E-state index in [9.17, 15) is 0 Å². The molecule has 4 unspecified atom stereocenters. The van der Waals surface area contributed by atoms with Gasteiger partial charge in [0.1, 0.15) is 0 Å². The van der Waals surface area contributed by atoms with Crippen LogP contribution in [0.15, 0.2) is 267 Å². The molecule has 0 amide bonds. The normalized spacial score (nSPS) is 21.2. The Hall–Kier alpha value is -9.50. The first-order valence-corrected chi connectivity index (χ1v) is 32.3. The molecule has 0 aromatic heterocycles. The first kappa shape index (κ1) is 52.8. The number of anilines is 4. The zero-order chi connectivity index (χ0) is 58.9. The highest BCUT2D eigenvalue weighted by Gasteiger charge is 2.59. The third kappa shape index (κ3) is 7.67. The second-order valence-electron chi connectivity index (χ2n) is 26.9. The number of hydrogen-bond donors (Lipinski definition) is 0. The van der Waals surface area contributed by atoms with Crippen molar-refractivity contribution in [3.8, 4) is 66.8 Å². The molecule has 2 heterocycles. The van der Waals surface area contributed by atoms with E-state index in [1.54, 1.807) is 0 Å². The average Bonchev–Trinajstić information content (AvgIpc) is 1.52. The minimum absolute atomic E-state index is 0.0258. The van der Waals surface area contributed by atoms with E-state index in [-0.39, 0.29) is 21.9 Å². The van der Waals surface area contributed by atoms with Crippen LogP contribution < -0.4 is 9.80 Å². The largest absolute Gasteiger partial charge is 0.334 e. The van der Waals surface area contributed by atoms with Crippen molar-refractivity contribution in [3.63, 3.8) is 0 Å². The highest BCUT2D eigenvalue weighted by Crippen LogP contribution is 2.64. The van der Waals surface area contributed by atoms with E-state index in [1.165, 1.54) is 182 Å². The van der Waals surface area contributed by atoms with E-state index >= 15 is 0 Å². The molecule has 2 aliphatic carbocycles. The zero-order valence-corrected chi connectivity index (χ0v) is 51.0. The minimum Gasteiger partial charge on any atom is -0.334 e. The molecule has 0 spiro atoms. The Morgan fingerprint density at radius 1 is 0.250 bits per heavy atom. The van der Waals surface area contributed by atoms with Gasteiger partial charge < -0.3 is 9.80 Å². The van der Waals surface area contributed by atoms with Crippen LogP contribution in [0, 0.1) is 0 Å². The van der Waals surface area contributed by atoms with Crippen molar-refractivity contribution < 1.29 is 0 Å². The summed E-state index contributed by atoms with van der Waals surface area (Å²) in [6.45, 7) is 10.2. The number of nitrogens with zero attached hydrogens (tertiary/aromatic N) is 2. The SMILES string of the molecule is CC12CCCCC1(C)N(c1ccccc1)c1c2ccc2c(-c3ccc4c(-c5ccc(-c6ccccc6)cc5)c5cc(-c6cccc7c8c(ccc67)C6(C)CCCCC6(C)N8c6ccccc6)ccc5c(-c5ccc(-c6ccccc6)cc5)c4c3)cccc12. The summed E-state index contributed by atoms with van der Waals surface area (Å²) in [7, 11) is 0. The van der Waals surface area contributed by atoms with Crippen molar-refractivity contribution in [1.29, 1.82) is 0 Å². The van der Waals surface area contributed by atoms with Gasteiger partial charge in [-0.1, -0.05) is 270 Å². The van der Waals surface area contributed by atoms with Crippen LogP contribution in [0.3, 0.4) is 0 Å². The minimum atomic E-state index is -0.0450. The predicted octanol–water partition coefficient (Wildman–Crippen LogP) is 23.8. The highest BCUT2D eigenvalue weighted by atomic mass is 15.3. The zero-order valence-electron chi connectivity index (χ0n) is 51.0. The highest BCUT2D eigenvalue weighted by molar-refractivity contribution is 6.23. The fourth-order valence-electron chi connectivity index (χ4n) is 17.7. The summed E-state index contributed by atoms with van der Waals surface area (Å²) in [5, 5.41) is 10.2. The topological polar surface area (TPSA) is 6.48 Å². The summed E-state index contributed by atoms with van der Waals surface area (Å²) < 4.78 is 0. The maximum atomic E-state index is 2.75. The Morgan fingerprint density at radius 2 is 0.580 bits per heavy atom. The fraction of sp³-hybridized carbons (Fsp3) is 0.186. The Bertz CT molecular complexity index is 4580. The molecule has 2 heteroatoms. The van der Waals surface area contributed by atoms with Crippen LogP contribution in [0.4, 0.5) is 22.7 Å². The molecule has 4 atom stereocenters. The third-order valence-corrected chi connectivity index (χ3v) is 22.6. The summed E-state index contributed by atoms with van der Waals surface area (Å²) >= 11 is 0. The summed E-state index contributed by atoms with van der Waals surface area (Å²) in [6, 6.07) is 102.